The quantitative estimate of drug-likeness (QED) is 0.750. The second kappa shape index (κ2) is 7.66. The zero-order valence-electron chi connectivity index (χ0n) is 11.5. The van der Waals surface area contributed by atoms with Crippen LogP contribution in [0.15, 0.2) is 18.2 Å². The standard InChI is InChI=1S/C14H16O2.C2H6/c1-3-11-8-9-13(15-2)14(10-11)16-12-6-4-5-7-12;1-2/h1,8-10,12H,4-7H2,2H3;1-2H3. The van der Waals surface area contributed by atoms with Crippen LogP contribution in [0.2, 0.25) is 0 Å². The Morgan fingerprint density at radius 2 is 1.83 bits per heavy atom. The van der Waals surface area contributed by atoms with Gasteiger partial charge in [-0.1, -0.05) is 19.8 Å². The molecule has 1 aliphatic carbocycles. The first-order chi connectivity index (χ1) is 8.83. The van der Waals surface area contributed by atoms with Gasteiger partial charge in [0.25, 0.3) is 0 Å². The fraction of sp³-hybridized carbons (Fsp3) is 0.500. The Morgan fingerprint density at radius 1 is 1.17 bits per heavy atom. The van der Waals surface area contributed by atoms with E-state index in [1.165, 1.54) is 12.8 Å². The maximum absolute atomic E-state index is 5.92. The number of ether oxygens (including phenoxy) is 2. The van der Waals surface area contributed by atoms with Crippen LogP contribution in [0.4, 0.5) is 0 Å². The molecule has 0 N–H and O–H groups in total. The van der Waals surface area contributed by atoms with E-state index in [2.05, 4.69) is 5.92 Å². The van der Waals surface area contributed by atoms with Crippen molar-refractivity contribution in [3.05, 3.63) is 23.8 Å². The summed E-state index contributed by atoms with van der Waals surface area (Å²) in [6, 6.07) is 5.59. The first-order valence-electron chi connectivity index (χ1n) is 6.65. The number of hydrogen-bond acceptors (Lipinski definition) is 2. The predicted molar refractivity (Wildman–Crippen MR) is 75.2 cm³/mol. The van der Waals surface area contributed by atoms with Crippen LogP contribution in [0.5, 0.6) is 11.5 Å². The minimum absolute atomic E-state index is 0.321. The van der Waals surface area contributed by atoms with Gasteiger partial charge in [0.2, 0.25) is 0 Å². The third-order valence-corrected chi connectivity index (χ3v) is 2.93. The summed E-state index contributed by atoms with van der Waals surface area (Å²) in [4.78, 5) is 0. The molecule has 2 heteroatoms. The molecule has 0 unspecified atom stereocenters. The van der Waals surface area contributed by atoms with Crippen molar-refractivity contribution in [3.63, 3.8) is 0 Å². The molecule has 0 saturated heterocycles. The highest BCUT2D eigenvalue weighted by Crippen LogP contribution is 2.32. The van der Waals surface area contributed by atoms with Crippen molar-refractivity contribution in [3.8, 4) is 23.8 Å². The number of benzene rings is 1. The normalized spacial score (nSPS) is 14.3. The van der Waals surface area contributed by atoms with Crippen molar-refractivity contribution in [2.24, 2.45) is 0 Å². The molecule has 18 heavy (non-hydrogen) atoms. The fourth-order valence-corrected chi connectivity index (χ4v) is 2.04. The molecule has 1 aromatic carbocycles. The molecule has 98 valence electrons. The third-order valence-electron chi connectivity index (χ3n) is 2.93. The second-order valence-corrected chi connectivity index (χ2v) is 4.03. The Hall–Kier alpha value is -1.62. The van der Waals surface area contributed by atoms with Crippen LogP contribution in [0.25, 0.3) is 0 Å². The van der Waals surface area contributed by atoms with Crippen LogP contribution >= 0.6 is 0 Å². The molecule has 0 radical (unpaired) electrons. The van der Waals surface area contributed by atoms with Crippen molar-refractivity contribution in [1.82, 2.24) is 0 Å². The predicted octanol–water partition coefficient (Wildman–Crippen LogP) is 4.02. The van der Waals surface area contributed by atoms with E-state index in [0.29, 0.717) is 6.10 Å². The van der Waals surface area contributed by atoms with Gasteiger partial charge in [-0.2, -0.15) is 0 Å². The molecule has 0 amide bonds. The summed E-state index contributed by atoms with van der Waals surface area (Å²) in [5.41, 5.74) is 0.828. The van der Waals surface area contributed by atoms with E-state index >= 15 is 0 Å². The lowest BCUT2D eigenvalue weighted by atomic mass is 10.2. The molecule has 0 atom stereocenters. The minimum Gasteiger partial charge on any atom is -0.493 e. The van der Waals surface area contributed by atoms with Gasteiger partial charge < -0.3 is 9.47 Å². The first-order valence-corrected chi connectivity index (χ1v) is 6.65. The number of methoxy groups -OCH3 is 1. The maximum atomic E-state index is 5.92. The molecule has 0 spiro atoms. The largest absolute Gasteiger partial charge is 0.493 e. The lowest BCUT2D eigenvalue weighted by Gasteiger charge is -2.15. The molecule has 1 aliphatic rings. The average Bonchev–Trinajstić information content (AvgIpc) is 2.94. The maximum Gasteiger partial charge on any atom is 0.162 e. The van der Waals surface area contributed by atoms with E-state index in [4.69, 9.17) is 15.9 Å². The Labute approximate surface area is 110 Å². The zero-order chi connectivity index (χ0) is 13.4. The summed E-state index contributed by atoms with van der Waals surface area (Å²) >= 11 is 0. The highest BCUT2D eigenvalue weighted by molar-refractivity contribution is 5.47. The molecule has 2 nitrogen and oxygen atoms in total. The molecule has 1 fully saturated rings. The van der Waals surface area contributed by atoms with E-state index < -0.39 is 0 Å². The summed E-state index contributed by atoms with van der Waals surface area (Å²) in [5.74, 6) is 4.13. The van der Waals surface area contributed by atoms with Gasteiger partial charge in [0, 0.05) is 5.56 Å². The minimum atomic E-state index is 0.321. The van der Waals surface area contributed by atoms with E-state index in [9.17, 15) is 0 Å². The summed E-state index contributed by atoms with van der Waals surface area (Å²) < 4.78 is 11.2. The molecule has 0 heterocycles. The fourth-order valence-electron chi connectivity index (χ4n) is 2.04. The summed E-state index contributed by atoms with van der Waals surface area (Å²) in [7, 11) is 1.65. The highest BCUT2D eigenvalue weighted by Gasteiger charge is 2.18. The van der Waals surface area contributed by atoms with Gasteiger partial charge in [0.15, 0.2) is 11.5 Å². The summed E-state index contributed by atoms with van der Waals surface area (Å²) in [6.07, 6.45) is 10.5. The summed E-state index contributed by atoms with van der Waals surface area (Å²) in [5, 5.41) is 0. The molecule has 0 bridgehead atoms. The zero-order valence-corrected chi connectivity index (χ0v) is 11.5. The van der Waals surface area contributed by atoms with E-state index in [1.54, 1.807) is 7.11 Å². The van der Waals surface area contributed by atoms with E-state index in [0.717, 1.165) is 29.9 Å². The molecular weight excluding hydrogens is 224 g/mol. The summed E-state index contributed by atoms with van der Waals surface area (Å²) in [6.45, 7) is 4.00. The van der Waals surface area contributed by atoms with Gasteiger partial charge in [-0.15, -0.1) is 6.42 Å². The van der Waals surface area contributed by atoms with Crippen LogP contribution in [0.3, 0.4) is 0 Å². The van der Waals surface area contributed by atoms with Gasteiger partial charge in [-0.3, -0.25) is 0 Å². The number of terminal acetylenes is 1. The van der Waals surface area contributed by atoms with E-state index in [1.807, 2.05) is 32.0 Å². The molecule has 1 aromatic rings. The number of rotatable bonds is 3. The Morgan fingerprint density at radius 3 is 2.39 bits per heavy atom. The second-order valence-electron chi connectivity index (χ2n) is 4.03. The van der Waals surface area contributed by atoms with Crippen LogP contribution in [0, 0.1) is 12.3 Å². The molecule has 0 aliphatic heterocycles. The number of hydrogen-bond donors (Lipinski definition) is 0. The van der Waals surface area contributed by atoms with Crippen molar-refractivity contribution in [2.45, 2.75) is 45.6 Å². The monoisotopic (exact) mass is 246 g/mol. The lowest BCUT2D eigenvalue weighted by molar-refractivity contribution is 0.201. The van der Waals surface area contributed by atoms with Gasteiger partial charge in [-0.05, 0) is 43.9 Å². The first kappa shape index (κ1) is 14.4. The molecule has 2 rings (SSSR count). The average molecular weight is 246 g/mol. The van der Waals surface area contributed by atoms with Gasteiger partial charge in [0.05, 0.1) is 13.2 Å². The van der Waals surface area contributed by atoms with Crippen molar-refractivity contribution >= 4 is 0 Å². The smallest absolute Gasteiger partial charge is 0.162 e. The van der Waals surface area contributed by atoms with Crippen LogP contribution < -0.4 is 9.47 Å². The molecule has 1 saturated carbocycles. The van der Waals surface area contributed by atoms with Gasteiger partial charge in [0.1, 0.15) is 0 Å². The van der Waals surface area contributed by atoms with Gasteiger partial charge >= 0.3 is 0 Å². The van der Waals surface area contributed by atoms with Crippen LogP contribution in [0.1, 0.15) is 45.1 Å². The SMILES string of the molecule is C#Cc1ccc(OC)c(OC2CCCC2)c1.CC. The van der Waals surface area contributed by atoms with Crippen LogP contribution in [-0.2, 0) is 0 Å². The van der Waals surface area contributed by atoms with Crippen LogP contribution in [-0.4, -0.2) is 13.2 Å². The molecular formula is C16H22O2. The van der Waals surface area contributed by atoms with E-state index in [-0.39, 0.29) is 0 Å². The Balaban J connectivity index is 0.000000771. The van der Waals surface area contributed by atoms with Gasteiger partial charge in [-0.25, -0.2) is 0 Å². The van der Waals surface area contributed by atoms with Crippen molar-refractivity contribution in [1.29, 1.82) is 0 Å². The topological polar surface area (TPSA) is 18.5 Å². The Kier molecular flexibility index (Phi) is 6.14. The lowest BCUT2D eigenvalue weighted by Crippen LogP contribution is -2.11. The highest BCUT2D eigenvalue weighted by atomic mass is 16.5. The molecule has 0 aromatic heterocycles. The van der Waals surface area contributed by atoms with Crippen molar-refractivity contribution in [2.75, 3.05) is 7.11 Å². The van der Waals surface area contributed by atoms with Crippen molar-refractivity contribution < 1.29 is 9.47 Å². The Bertz CT molecular complexity index is 398. The third kappa shape index (κ3) is 3.70.